The molecule has 2 aromatic carbocycles. The summed E-state index contributed by atoms with van der Waals surface area (Å²) in [4.78, 5) is 1.71. The van der Waals surface area contributed by atoms with Gasteiger partial charge < -0.3 is 10.6 Å². The van der Waals surface area contributed by atoms with Gasteiger partial charge in [-0.15, -0.1) is 0 Å². The van der Waals surface area contributed by atoms with Crippen LogP contribution < -0.4 is 10.6 Å². The monoisotopic (exact) mass is 294 g/mol. The van der Waals surface area contributed by atoms with Crippen molar-refractivity contribution in [3.8, 4) is 0 Å². The fraction of sp³-hybridized carbons (Fsp3) is 0.143. The SMILES string of the molecule is CN(c1cccc(F)c1)c1cccc(S(C)(=O)=O)c1N. The molecule has 2 N–H and O–H groups in total. The van der Waals surface area contributed by atoms with Gasteiger partial charge in [0.25, 0.3) is 0 Å². The van der Waals surface area contributed by atoms with Crippen molar-refractivity contribution in [3.63, 3.8) is 0 Å². The Kier molecular flexibility index (Phi) is 3.67. The molecule has 0 spiro atoms. The standard InChI is InChI=1S/C14H15FN2O2S/c1-17(11-6-3-5-10(15)9-11)12-7-4-8-13(14(12)16)20(2,18)19/h3-9H,16H2,1-2H3. The van der Waals surface area contributed by atoms with Crippen LogP contribution in [0.2, 0.25) is 0 Å². The lowest BCUT2D eigenvalue weighted by Crippen LogP contribution is -2.14. The summed E-state index contributed by atoms with van der Waals surface area (Å²) in [6.45, 7) is 0. The van der Waals surface area contributed by atoms with Crippen LogP contribution in [0.25, 0.3) is 0 Å². The molecule has 0 aliphatic carbocycles. The molecule has 0 fully saturated rings. The maximum Gasteiger partial charge on any atom is 0.177 e. The van der Waals surface area contributed by atoms with Crippen molar-refractivity contribution in [1.29, 1.82) is 0 Å². The Morgan fingerprint density at radius 3 is 2.40 bits per heavy atom. The van der Waals surface area contributed by atoms with Gasteiger partial charge in [-0.25, -0.2) is 12.8 Å². The molecule has 0 atom stereocenters. The van der Waals surface area contributed by atoms with Gasteiger partial charge in [-0.1, -0.05) is 12.1 Å². The molecule has 0 aliphatic rings. The van der Waals surface area contributed by atoms with E-state index in [0.29, 0.717) is 11.4 Å². The number of hydrogen-bond donors (Lipinski definition) is 1. The van der Waals surface area contributed by atoms with Crippen molar-refractivity contribution >= 4 is 26.9 Å². The van der Waals surface area contributed by atoms with E-state index in [1.807, 2.05) is 0 Å². The maximum atomic E-state index is 13.3. The molecule has 0 aliphatic heterocycles. The van der Waals surface area contributed by atoms with E-state index >= 15 is 0 Å². The molecule has 4 nitrogen and oxygen atoms in total. The second-order valence-electron chi connectivity index (χ2n) is 4.50. The number of sulfone groups is 1. The van der Waals surface area contributed by atoms with Crippen LogP contribution in [0.15, 0.2) is 47.4 Å². The van der Waals surface area contributed by atoms with Crippen molar-refractivity contribution in [2.45, 2.75) is 4.90 Å². The number of nitrogens with two attached hydrogens (primary N) is 1. The molecule has 0 heterocycles. The second-order valence-corrected chi connectivity index (χ2v) is 6.48. The van der Waals surface area contributed by atoms with Crippen molar-refractivity contribution in [2.24, 2.45) is 0 Å². The first kappa shape index (κ1) is 14.3. The normalized spacial score (nSPS) is 11.3. The Labute approximate surface area is 117 Å². The predicted octanol–water partition coefficient (Wildman–Crippen LogP) is 2.58. The number of para-hydroxylation sites is 1. The third kappa shape index (κ3) is 2.75. The lowest BCUT2D eigenvalue weighted by molar-refractivity contribution is 0.602. The first-order valence-electron chi connectivity index (χ1n) is 5.88. The lowest BCUT2D eigenvalue weighted by atomic mass is 10.2. The minimum Gasteiger partial charge on any atom is -0.396 e. The minimum absolute atomic E-state index is 0.0678. The van der Waals surface area contributed by atoms with Crippen LogP contribution in [0.3, 0.4) is 0 Å². The molecule has 6 heteroatoms. The summed E-state index contributed by atoms with van der Waals surface area (Å²) in [5.41, 5.74) is 7.18. The number of benzene rings is 2. The van der Waals surface area contributed by atoms with E-state index in [4.69, 9.17) is 5.73 Å². The van der Waals surface area contributed by atoms with E-state index in [0.717, 1.165) is 6.26 Å². The quantitative estimate of drug-likeness (QED) is 0.884. The Morgan fingerprint density at radius 2 is 1.80 bits per heavy atom. The number of nitrogen functional groups attached to an aromatic ring is 1. The molecule has 0 bridgehead atoms. The Balaban J connectivity index is 2.54. The minimum atomic E-state index is -3.41. The van der Waals surface area contributed by atoms with Crippen LogP contribution >= 0.6 is 0 Å². The molecule has 0 aromatic heterocycles. The Bertz CT molecular complexity index is 745. The number of hydrogen-bond acceptors (Lipinski definition) is 4. The van der Waals surface area contributed by atoms with Gasteiger partial charge in [0.15, 0.2) is 9.84 Å². The average Bonchev–Trinajstić information content (AvgIpc) is 2.37. The zero-order chi connectivity index (χ0) is 14.9. The van der Waals surface area contributed by atoms with E-state index in [1.165, 1.54) is 18.2 Å². The topological polar surface area (TPSA) is 63.4 Å². The summed E-state index contributed by atoms with van der Waals surface area (Å²) in [5, 5.41) is 0. The number of halogens is 1. The summed E-state index contributed by atoms with van der Waals surface area (Å²) in [6.07, 6.45) is 1.10. The molecule has 0 radical (unpaired) electrons. The summed E-state index contributed by atoms with van der Waals surface area (Å²) in [5.74, 6) is -0.368. The Morgan fingerprint density at radius 1 is 1.15 bits per heavy atom. The zero-order valence-electron chi connectivity index (χ0n) is 11.2. The molecule has 0 saturated heterocycles. The first-order chi connectivity index (χ1) is 9.30. The Hall–Kier alpha value is -2.08. The van der Waals surface area contributed by atoms with Crippen LogP contribution in [-0.4, -0.2) is 21.7 Å². The van der Waals surface area contributed by atoms with Crippen molar-refractivity contribution in [1.82, 2.24) is 0 Å². The van der Waals surface area contributed by atoms with E-state index in [2.05, 4.69) is 0 Å². The number of rotatable bonds is 3. The predicted molar refractivity (Wildman–Crippen MR) is 78.4 cm³/mol. The van der Waals surface area contributed by atoms with Crippen LogP contribution in [0.4, 0.5) is 21.5 Å². The molecule has 0 amide bonds. The van der Waals surface area contributed by atoms with Crippen LogP contribution in [0.5, 0.6) is 0 Å². The average molecular weight is 294 g/mol. The van der Waals surface area contributed by atoms with Crippen molar-refractivity contribution in [2.75, 3.05) is 23.9 Å². The van der Waals surface area contributed by atoms with Gasteiger partial charge in [-0.2, -0.15) is 0 Å². The third-order valence-electron chi connectivity index (χ3n) is 3.00. The van der Waals surface area contributed by atoms with Gasteiger partial charge in [-0.05, 0) is 30.3 Å². The highest BCUT2D eigenvalue weighted by molar-refractivity contribution is 7.90. The van der Waals surface area contributed by atoms with E-state index in [9.17, 15) is 12.8 Å². The molecule has 106 valence electrons. The highest BCUT2D eigenvalue weighted by Crippen LogP contribution is 2.33. The van der Waals surface area contributed by atoms with Gasteiger partial charge in [-0.3, -0.25) is 0 Å². The van der Waals surface area contributed by atoms with Crippen molar-refractivity contribution < 1.29 is 12.8 Å². The van der Waals surface area contributed by atoms with E-state index in [1.54, 1.807) is 36.2 Å². The van der Waals surface area contributed by atoms with E-state index in [-0.39, 0.29) is 16.4 Å². The van der Waals surface area contributed by atoms with E-state index < -0.39 is 9.84 Å². The highest BCUT2D eigenvalue weighted by Gasteiger charge is 2.17. The van der Waals surface area contributed by atoms with Gasteiger partial charge in [0.2, 0.25) is 0 Å². The summed E-state index contributed by atoms with van der Waals surface area (Å²) in [7, 11) is -1.70. The van der Waals surface area contributed by atoms with Gasteiger partial charge in [0.1, 0.15) is 5.82 Å². The molecular formula is C14H15FN2O2S. The molecule has 2 rings (SSSR count). The third-order valence-corrected chi connectivity index (χ3v) is 4.15. The number of nitrogens with zero attached hydrogens (tertiary/aromatic N) is 1. The fourth-order valence-corrected chi connectivity index (χ4v) is 2.80. The summed E-state index contributed by atoms with van der Waals surface area (Å²) >= 11 is 0. The maximum absolute atomic E-state index is 13.3. The largest absolute Gasteiger partial charge is 0.396 e. The summed E-state index contributed by atoms with van der Waals surface area (Å²) in [6, 6.07) is 10.7. The lowest BCUT2D eigenvalue weighted by Gasteiger charge is -2.22. The van der Waals surface area contributed by atoms with Gasteiger partial charge >= 0.3 is 0 Å². The molecule has 20 heavy (non-hydrogen) atoms. The smallest absolute Gasteiger partial charge is 0.177 e. The zero-order valence-corrected chi connectivity index (χ0v) is 12.0. The van der Waals surface area contributed by atoms with Crippen LogP contribution in [0, 0.1) is 5.82 Å². The van der Waals surface area contributed by atoms with Gasteiger partial charge in [0.05, 0.1) is 16.3 Å². The number of anilines is 3. The molecule has 0 unspecified atom stereocenters. The molecule has 2 aromatic rings. The molecular weight excluding hydrogens is 279 g/mol. The van der Waals surface area contributed by atoms with Gasteiger partial charge in [0, 0.05) is 19.0 Å². The first-order valence-corrected chi connectivity index (χ1v) is 7.77. The summed E-state index contributed by atoms with van der Waals surface area (Å²) < 4.78 is 36.6. The van der Waals surface area contributed by atoms with Crippen molar-refractivity contribution in [3.05, 3.63) is 48.3 Å². The van der Waals surface area contributed by atoms with Crippen LogP contribution in [-0.2, 0) is 9.84 Å². The highest BCUT2D eigenvalue weighted by atomic mass is 32.2. The second kappa shape index (κ2) is 5.13. The van der Waals surface area contributed by atoms with Crippen LogP contribution in [0.1, 0.15) is 0 Å². The fourth-order valence-electron chi connectivity index (χ4n) is 1.97. The molecule has 0 saturated carbocycles.